The fraction of sp³-hybridized carbons (Fsp3) is 0.688. The summed E-state index contributed by atoms with van der Waals surface area (Å²) in [4.78, 5) is 37.7. The Kier molecular flexibility index (Phi) is 5.48. The first kappa shape index (κ1) is 19.3. The Hall–Kier alpha value is -2.00. The highest BCUT2D eigenvalue weighted by molar-refractivity contribution is 5.69. The van der Waals surface area contributed by atoms with Crippen molar-refractivity contribution in [2.75, 3.05) is 6.61 Å². The average molecular weight is 358 g/mol. The molecule has 0 bridgehead atoms. The Morgan fingerprint density at radius 1 is 1.48 bits per heavy atom. The van der Waals surface area contributed by atoms with E-state index in [1.54, 1.807) is 0 Å². The van der Waals surface area contributed by atoms with E-state index in [0.29, 0.717) is 11.0 Å². The largest absolute Gasteiger partial charge is 0.463 e. The maximum Gasteiger partial charge on any atom is 0.330 e. The lowest BCUT2D eigenvalue weighted by Crippen LogP contribution is -2.54. The van der Waals surface area contributed by atoms with Gasteiger partial charge in [-0.2, -0.15) is 0 Å². The smallest absolute Gasteiger partial charge is 0.330 e. The topological polar surface area (TPSA) is 111 Å². The highest BCUT2D eigenvalue weighted by Crippen LogP contribution is 2.47. The van der Waals surface area contributed by atoms with Crippen LogP contribution in [-0.2, 0) is 14.3 Å². The fourth-order valence-corrected chi connectivity index (χ4v) is 2.70. The van der Waals surface area contributed by atoms with Crippen LogP contribution in [0.3, 0.4) is 0 Å². The number of nitrogens with one attached hydrogen (secondary N) is 1. The Balaban J connectivity index is 2.24. The van der Waals surface area contributed by atoms with Crippen molar-refractivity contribution in [1.29, 1.82) is 0 Å². The number of ether oxygens (including phenoxy) is 2. The lowest BCUT2D eigenvalue weighted by atomic mass is 9.84. The summed E-state index contributed by atoms with van der Waals surface area (Å²) in [7, 11) is 0. The summed E-state index contributed by atoms with van der Waals surface area (Å²) in [6, 6.07) is 1.05. The van der Waals surface area contributed by atoms with Gasteiger partial charge in [-0.25, -0.2) is 13.8 Å². The standard InChI is InChI=1S/C16H23FN2O6/c1-4-5-6-12(21)24-9-10-16(3,23)15(2,17)13(25-10)19-11(20)7-8-18-14(19)22/h7-8,10,13,23H,4-6,9H2,1-3H3,(H,18,22)/t10-,13-,15+,16+/m1/s1. The summed E-state index contributed by atoms with van der Waals surface area (Å²) in [6.45, 7) is 3.76. The molecule has 8 nitrogen and oxygen atoms in total. The predicted octanol–water partition coefficient (Wildman–Crippen LogP) is 0.647. The number of rotatable bonds is 6. The highest BCUT2D eigenvalue weighted by Gasteiger charge is 2.63. The van der Waals surface area contributed by atoms with Gasteiger partial charge >= 0.3 is 11.7 Å². The summed E-state index contributed by atoms with van der Waals surface area (Å²) in [5, 5.41) is 10.6. The molecule has 0 aliphatic carbocycles. The van der Waals surface area contributed by atoms with Gasteiger partial charge in [-0.1, -0.05) is 13.3 Å². The van der Waals surface area contributed by atoms with E-state index >= 15 is 4.39 Å². The number of H-pyrrole nitrogens is 1. The Morgan fingerprint density at radius 2 is 2.16 bits per heavy atom. The molecule has 25 heavy (non-hydrogen) atoms. The number of aliphatic hydroxyl groups is 1. The van der Waals surface area contributed by atoms with Crippen LogP contribution in [0.4, 0.5) is 4.39 Å². The molecule has 0 saturated carbocycles. The summed E-state index contributed by atoms with van der Waals surface area (Å²) >= 11 is 0. The lowest BCUT2D eigenvalue weighted by molar-refractivity contribution is -0.153. The number of esters is 1. The lowest BCUT2D eigenvalue weighted by Gasteiger charge is -2.32. The normalized spacial score (nSPS) is 31.9. The number of hydrogen-bond acceptors (Lipinski definition) is 6. The Labute approximate surface area is 143 Å². The zero-order chi connectivity index (χ0) is 18.8. The van der Waals surface area contributed by atoms with Crippen LogP contribution in [0, 0.1) is 0 Å². The van der Waals surface area contributed by atoms with Gasteiger partial charge in [-0.3, -0.25) is 9.59 Å². The molecule has 2 N–H and O–H groups in total. The minimum Gasteiger partial charge on any atom is -0.463 e. The molecule has 1 aliphatic rings. The molecular formula is C16H23FN2O6. The minimum atomic E-state index is -2.47. The third-order valence-corrected chi connectivity index (χ3v) is 4.63. The van der Waals surface area contributed by atoms with E-state index in [1.807, 2.05) is 6.92 Å². The molecule has 2 heterocycles. The number of halogens is 1. The van der Waals surface area contributed by atoms with Crippen molar-refractivity contribution in [3.8, 4) is 0 Å². The first-order valence-electron chi connectivity index (χ1n) is 8.15. The van der Waals surface area contributed by atoms with Gasteiger partial charge in [0.1, 0.15) is 18.3 Å². The van der Waals surface area contributed by atoms with Crippen molar-refractivity contribution in [1.82, 2.24) is 9.55 Å². The first-order valence-corrected chi connectivity index (χ1v) is 8.15. The molecule has 0 amide bonds. The van der Waals surface area contributed by atoms with Crippen LogP contribution in [-0.4, -0.2) is 44.6 Å². The molecule has 140 valence electrons. The van der Waals surface area contributed by atoms with Crippen LogP contribution in [0.1, 0.15) is 46.3 Å². The van der Waals surface area contributed by atoms with Gasteiger partial charge in [0.05, 0.1) is 0 Å². The molecule has 0 unspecified atom stereocenters. The quantitative estimate of drug-likeness (QED) is 0.722. The molecule has 4 atom stereocenters. The van der Waals surface area contributed by atoms with Crippen LogP contribution < -0.4 is 11.2 Å². The number of carbonyl (C=O) groups is 1. The van der Waals surface area contributed by atoms with Crippen LogP contribution >= 0.6 is 0 Å². The number of aromatic amines is 1. The zero-order valence-corrected chi connectivity index (χ0v) is 14.5. The second-order valence-electron chi connectivity index (χ2n) is 6.48. The van der Waals surface area contributed by atoms with E-state index in [4.69, 9.17) is 9.47 Å². The van der Waals surface area contributed by atoms with Crippen molar-refractivity contribution < 1.29 is 23.8 Å². The highest BCUT2D eigenvalue weighted by atomic mass is 19.1. The molecule has 9 heteroatoms. The van der Waals surface area contributed by atoms with Crippen molar-refractivity contribution >= 4 is 5.97 Å². The summed E-state index contributed by atoms with van der Waals surface area (Å²) in [5.41, 5.74) is -6.18. The number of hydrogen-bond donors (Lipinski definition) is 2. The van der Waals surface area contributed by atoms with Gasteiger partial charge in [0, 0.05) is 18.7 Å². The molecule has 0 radical (unpaired) electrons. The van der Waals surface area contributed by atoms with Gasteiger partial charge < -0.3 is 19.6 Å². The van der Waals surface area contributed by atoms with E-state index in [1.165, 1.54) is 6.92 Å². The zero-order valence-electron chi connectivity index (χ0n) is 14.5. The van der Waals surface area contributed by atoms with Gasteiger partial charge in [0.25, 0.3) is 5.56 Å². The maximum atomic E-state index is 15.2. The van der Waals surface area contributed by atoms with E-state index in [2.05, 4.69) is 4.98 Å². The van der Waals surface area contributed by atoms with E-state index in [0.717, 1.165) is 25.6 Å². The average Bonchev–Trinajstić information content (AvgIpc) is 2.70. The van der Waals surface area contributed by atoms with Gasteiger partial charge in [-0.05, 0) is 20.3 Å². The summed E-state index contributed by atoms with van der Waals surface area (Å²) < 4.78 is 26.3. The molecule has 1 aromatic heterocycles. The minimum absolute atomic E-state index is 0.208. The maximum absolute atomic E-state index is 15.2. The predicted molar refractivity (Wildman–Crippen MR) is 85.9 cm³/mol. The molecule has 1 fully saturated rings. The van der Waals surface area contributed by atoms with E-state index < -0.39 is 40.8 Å². The fourth-order valence-electron chi connectivity index (χ4n) is 2.70. The second kappa shape index (κ2) is 7.09. The van der Waals surface area contributed by atoms with E-state index in [9.17, 15) is 19.5 Å². The molecule has 1 aromatic rings. The molecule has 1 aliphatic heterocycles. The van der Waals surface area contributed by atoms with Crippen molar-refractivity contribution in [3.63, 3.8) is 0 Å². The van der Waals surface area contributed by atoms with E-state index in [-0.39, 0.29) is 13.0 Å². The SMILES string of the molecule is CCCCC(=O)OC[C@H]1O[C@@H](n2c(=O)cc[nH]c2=O)[C@](C)(F)[C@@]1(C)O. The number of unbranched alkanes of at least 4 members (excludes halogenated alkanes) is 1. The van der Waals surface area contributed by atoms with Crippen molar-refractivity contribution in [2.45, 2.75) is 63.6 Å². The van der Waals surface area contributed by atoms with Crippen LogP contribution in [0.15, 0.2) is 21.9 Å². The number of carbonyl (C=O) groups excluding carboxylic acids is 1. The Bertz CT molecular complexity index is 710. The molecular weight excluding hydrogens is 335 g/mol. The third kappa shape index (κ3) is 3.52. The number of nitrogens with zero attached hydrogens (tertiary/aromatic N) is 1. The Morgan fingerprint density at radius 3 is 2.76 bits per heavy atom. The van der Waals surface area contributed by atoms with Gasteiger partial charge in [0.15, 0.2) is 11.9 Å². The molecule has 1 saturated heterocycles. The van der Waals surface area contributed by atoms with Crippen LogP contribution in [0.5, 0.6) is 0 Å². The van der Waals surface area contributed by atoms with Crippen LogP contribution in [0.25, 0.3) is 0 Å². The first-order chi connectivity index (χ1) is 11.6. The van der Waals surface area contributed by atoms with Crippen molar-refractivity contribution in [3.05, 3.63) is 33.1 Å². The molecule has 0 aromatic carbocycles. The summed E-state index contributed by atoms with van der Waals surface area (Å²) in [5.74, 6) is -0.486. The van der Waals surface area contributed by atoms with Crippen molar-refractivity contribution in [2.24, 2.45) is 0 Å². The number of alkyl halides is 1. The van der Waals surface area contributed by atoms with Crippen LogP contribution in [0.2, 0.25) is 0 Å². The second-order valence-corrected chi connectivity index (χ2v) is 6.48. The third-order valence-electron chi connectivity index (χ3n) is 4.63. The van der Waals surface area contributed by atoms with Gasteiger partial charge in [0.2, 0.25) is 0 Å². The van der Waals surface area contributed by atoms with Gasteiger partial charge in [-0.15, -0.1) is 0 Å². The summed E-state index contributed by atoms with van der Waals surface area (Å²) in [6.07, 6.45) is -0.0734. The monoisotopic (exact) mass is 358 g/mol. The molecule has 2 rings (SSSR count). The number of aromatic nitrogens is 2. The molecule has 0 spiro atoms.